The van der Waals surface area contributed by atoms with Crippen molar-refractivity contribution in [2.24, 2.45) is 11.8 Å². The number of aromatic amines is 2. The second-order valence-electron chi connectivity index (χ2n) is 16.5. The number of ketones is 2. The molecule has 10 nitrogen and oxygen atoms in total. The van der Waals surface area contributed by atoms with Crippen molar-refractivity contribution >= 4 is 23.7 Å². The molecule has 4 aliphatic carbocycles. The molecule has 0 unspecified atom stereocenters. The minimum absolute atomic E-state index is 0.129. The number of aromatic nitrogens is 4. The van der Waals surface area contributed by atoms with E-state index in [2.05, 4.69) is 93.2 Å². The van der Waals surface area contributed by atoms with Gasteiger partial charge in [0.2, 0.25) is 0 Å². The number of carbonyl (C=O) groups is 2. The molecule has 0 spiro atoms. The molecule has 0 radical (unpaired) electrons. The van der Waals surface area contributed by atoms with Gasteiger partial charge in [-0.15, -0.1) is 0 Å². The summed E-state index contributed by atoms with van der Waals surface area (Å²) in [5.41, 5.74) is 8.57. The fourth-order valence-corrected chi connectivity index (χ4v) is 9.04. The summed E-state index contributed by atoms with van der Waals surface area (Å²) >= 11 is 0. The van der Waals surface area contributed by atoms with Crippen LogP contribution in [0.4, 0.5) is 0 Å². The molecule has 2 fully saturated rings. The van der Waals surface area contributed by atoms with E-state index >= 15 is 0 Å². The van der Waals surface area contributed by atoms with Gasteiger partial charge in [0.1, 0.15) is 34.4 Å². The van der Waals surface area contributed by atoms with E-state index in [0.29, 0.717) is 24.2 Å². The van der Waals surface area contributed by atoms with Crippen molar-refractivity contribution in [3.63, 3.8) is 0 Å². The van der Waals surface area contributed by atoms with Gasteiger partial charge < -0.3 is 18.9 Å². The summed E-state index contributed by atoms with van der Waals surface area (Å²) in [6.07, 6.45) is 14.9. The number of rotatable bonds is 12. The van der Waals surface area contributed by atoms with Crippen LogP contribution in [0.5, 0.6) is 23.0 Å². The number of ether oxygens (including phenoxy) is 4. The minimum Gasteiger partial charge on any atom is -0.497 e. The number of nitrogens with zero attached hydrogens (tertiary/aromatic N) is 2. The van der Waals surface area contributed by atoms with Gasteiger partial charge in [-0.25, -0.2) is 0 Å². The summed E-state index contributed by atoms with van der Waals surface area (Å²) in [4.78, 5) is 25.5. The van der Waals surface area contributed by atoms with E-state index < -0.39 is 10.8 Å². The number of Topliss-reactive ketones (excluding diaryl/α,β-unsaturated/α-hetero) is 2. The predicted octanol–water partition coefficient (Wildman–Crippen LogP) is 9.54. The Bertz CT molecular complexity index is 2570. The topological polar surface area (TPSA) is 128 Å². The molecule has 4 aliphatic rings. The number of H-pyrrole nitrogens is 2. The number of hydrogen-bond donors (Lipinski definition) is 2. The number of benzene rings is 4. The van der Waals surface area contributed by atoms with Crippen LogP contribution in [0.2, 0.25) is 0 Å². The van der Waals surface area contributed by atoms with Crippen LogP contribution in [0.1, 0.15) is 97.8 Å². The SMILES string of the molecule is COc1cccc(C2(c3cccc(OC)c3)C=Cc3c(C(=O)C4CC4)n[nH]c3C2)c1.COc1cccc(C2(c3cccc(OC)c3)C=Cc3c(C(=O)C4CCC4)n[nH]c3C2)c1. The van der Waals surface area contributed by atoms with Gasteiger partial charge >= 0.3 is 0 Å². The summed E-state index contributed by atoms with van der Waals surface area (Å²) in [5, 5.41) is 15.2. The lowest BCUT2D eigenvalue weighted by molar-refractivity contribution is 0.0849. The molecule has 4 aromatic carbocycles. The number of nitrogens with one attached hydrogen (secondary N) is 2. The molecule has 0 saturated heterocycles. The molecule has 6 aromatic rings. The van der Waals surface area contributed by atoms with Crippen LogP contribution in [-0.4, -0.2) is 60.4 Å². The second kappa shape index (κ2) is 16.4. The van der Waals surface area contributed by atoms with Gasteiger partial charge in [0.15, 0.2) is 11.6 Å². The first-order valence-corrected chi connectivity index (χ1v) is 21.0. The van der Waals surface area contributed by atoms with E-state index in [-0.39, 0.29) is 23.4 Å². The molecule has 0 amide bonds. The zero-order chi connectivity index (χ0) is 42.1. The number of carbonyl (C=O) groups excluding carboxylic acids is 2. The van der Waals surface area contributed by atoms with Crippen molar-refractivity contribution < 1.29 is 28.5 Å². The summed E-state index contributed by atoms with van der Waals surface area (Å²) in [6, 6.07) is 32.6. The van der Waals surface area contributed by atoms with Crippen molar-refractivity contribution in [3.05, 3.63) is 165 Å². The van der Waals surface area contributed by atoms with Gasteiger partial charge in [0, 0.05) is 58.0 Å². The molecule has 10 rings (SSSR count). The molecular formula is C51H50N4O6. The molecule has 2 aromatic heterocycles. The Kier molecular flexibility index (Phi) is 10.7. The lowest BCUT2D eigenvalue weighted by Crippen LogP contribution is -2.31. The molecule has 2 N–H and O–H groups in total. The predicted molar refractivity (Wildman–Crippen MR) is 235 cm³/mol. The zero-order valence-electron chi connectivity index (χ0n) is 35.0. The summed E-state index contributed by atoms with van der Waals surface area (Å²) in [6.45, 7) is 0. The van der Waals surface area contributed by atoms with E-state index in [9.17, 15) is 9.59 Å². The Balaban J connectivity index is 0.000000156. The molecule has 0 bridgehead atoms. The standard InChI is InChI=1S/C26H26N2O3.C25H24N2O3/c1-30-20-10-4-8-18(14-20)26(19-9-5-11-21(15-19)31-2)13-12-22-23(16-26)27-28-24(22)25(29)17-6-3-7-17;1-29-19-7-3-5-17(13-19)25(18-6-4-8-20(14-18)30-2)12-11-21-22(15-25)26-27-23(21)24(28)16-9-10-16/h4-5,8-15,17H,3,6-7,16H2,1-2H3,(H,27,28);3-8,11-14,16H,9-10,15H2,1-2H3,(H,26,27). The van der Waals surface area contributed by atoms with Crippen molar-refractivity contribution in [1.29, 1.82) is 0 Å². The van der Waals surface area contributed by atoms with E-state index in [1.807, 2.05) is 48.5 Å². The highest BCUT2D eigenvalue weighted by Crippen LogP contribution is 2.46. The molecular weight excluding hydrogens is 765 g/mol. The monoisotopic (exact) mass is 814 g/mol. The van der Waals surface area contributed by atoms with E-state index in [1.165, 1.54) is 0 Å². The van der Waals surface area contributed by atoms with Crippen LogP contribution < -0.4 is 18.9 Å². The van der Waals surface area contributed by atoms with Crippen molar-refractivity contribution in [2.75, 3.05) is 28.4 Å². The molecule has 310 valence electrons. The highest BCUT2D eigenvalue weighted by Gasteiger charge is 2.41. The lowest BCUT2D eigenvalue weighted by atomic mass is 9.68. The lowest BCUT2D eigenvalue weighted by Gasteiger charge is -2.35. The third kappa shape index (κ3) is 7.34. The van der Waals surface area contributed by atoms with Crippen LogP contribution >= 0.6 is 0 Å². The highest BCUT2D eigenvalue weighted by molar-refractivity contribution is 6.01. The normalized spacial score (nSPS) is 16.9. The van der Waals surface area contributed by atoms with Crippen LogP contribution in [-0.2, 0) is 23.7 Å². The molecule has 2 heterocycles. The van der Waals surface area contributed by atoms with Crippen LogP contribution in [0.15, 0.2) is 109 Å². The van der Waals surface area contributed by atoms with Gasteiger partial charge in [-0.2, -0.15) is 10.2 Å². The number of hydrogen-bond acceptors (Lipinski definition) is 8. The fourth-order valence-electron chi connectivity index (χ4n) is 9.04. The van der Waals surface area contributed by atoms with E-state index in [4.69, 9.17) is 18.9 Å². The first kappa shape index (κ1) is 39.8. The molecule has 10 heteroatoms. The van der Waals surface area contributed by atoms with Crippen LogP contribution in [0.25, 0.3) is 12.2 Å². The maximum absolute atomic E-state index is 12.9. The number of allylic oxidation sites excluding steroid dienone is 2. The fraction of sp³-hybridized carbons (Fsp3) is 0.294. The molecule has 0 atom stereocenters. The Morgan fingerprint density at radius 1 is 0.525 bits per heavy atom. The smallest absolute Gasteiger partial charge is 0.186 e. The average Bonchev–Trinajstić information content (AvgIpc) is 3.94. The van der Waals surface area contributed by atoms with Gasteiger partial charge in [-0.1, -0.05) is 79.3 Å². The third-order valence-electron chi connectivity index (χ3n) is 13.0. The van der Waals surface area contributed by atoms with E-state index in [1.54, 1.807) is 28.4 Å². The van der Waals surface area contributed by atoms with Gasteiger partial charge in [0.05, 0.1) is 28.4 Å². The number of methoxy groups -OCH3 is 4. The van der Waals surface area contributed by atoms with Crippen molar-refractivity contribution in [2.45, 2.75) is 55.8 Å². The molecule has 2 saturated carbocycles. The number of fused-ring (bicyclic) bond motifs is 2. The third-order valence-corrected chi connectivity index (χ3v) is 13.0. The first-order chi connectivity index (χ1) is 29.8. The summed E-state index contributed by atoms with van der Waals surface area (Å²) in [7, 11) is 6.71. The molecule has 0 aliphatic heterocycles. The second-order valence-corrected chi connectivity index (χ2v) is 16.5. The van der Waals surface area contributed by atoms with Crippen molar-refractivity contribution in [1.82, 2.24) is 20.4 Å². The van der Waals surface area contributed by atoms with Gasteiger partial charge in [-0.05, 0) is 96.5 Å². The Hall–Kier alpha value is -6.68. The maximum atomic E-state index is 12.9. The Morgan fingerprint density at radius 3 is 1.16 bits per heavy atom. The average molecular weight is 815 g/mol. The molecule has 61 heavy (non-hydrogen) atoms. The Morgan fingerprint density at radius 2 is 0.869 bits per heavy atom. The minimum atomic E-state index is -0.431. The van der Waals surface area contributed by atoms with Gasteiger partial charge in [-0.3, -0.25) is 19.8 Å². The van der Waals surface area contributed by atoms with Crippen LogP contribution in [0, 0.1) is 11.8 Å². The van der Waals surface area contributed by atoms with E-state index in [0.717, 1.165) is 99.9 Å². The van der Waals surface area contributed by atoms with Gasteiger partial charge in [0.25, 0.3) is 0 Å². The first-order valence-electron chi connectivity index (χ1n) is 21.0. The summed E-state index contributed by atoms with van der Waals surface area (Å²) < 4.78 is 22.0. The maximum Gasteiger partial charge on any atom is 0.186 e. The largest absolute Gasteiger partial charge is 0.497 e. The Labute approximate surface area is 356 Å². The van der Waals surface area contributed by atoms with Crippen molar-refractivity contribution in [3.8, 4) is 23.0 Å². The highest BCUT2D eigenvalue weighted by atomic mass is 16.5. The summed E-state index contributed by atoms with van der Waals surface area (Å²) in [5.74, 6) is 3.84. The quantitative estimate of drug-likeness (QED) is 0.117. The van der Waals surface area contributed by atoms with Crippen LogP contribution in [0.3, 0.4) is 0 Å². The zero-order valence-corrected chi connectivity index (χ0v) is 35.0.